The Labute approximate surface area is 129 Å². The molecule has 114 valence electrons. The van der Waals surface area contributed by atoms with Gasteiger partial charge in [-0.1, -0.05) is 6.07 Å². The van der Waals surface area contributed by atoms with Crippen molar-refractivity contribution < 1.29 is 18.4 Å². The lowest BCUT2D eigenvalue weighted by atomic mass is 10.3. The van der Waals surface area contributed by atoms with Crippen LogP contribution >= 0.6 is 18.1 Å². The summed E-state index contributed by atoms with van der Waals surface area (Å²) >= 11 is 6.89. The van der Waals surface area contributed by atoms with Gasteiger partial charge in [-0.3, -0.25) is 13.8 Å². The highest BCUT2D eigenvalue weighted by Gasteiger charge is 2.28. The minimum Gasteiger partial charge on any atom is -0.391 e. The van der Waals surface area contributed by atoms with Gasteiger partial charge >= 0.3 is 12.7 Å². The zero-order valence-electron chi connectivity index (χ0n) is 12.2. The first-order valence-corrected chi connectivity index (χ1v) is 9.96. The molecule has 0 radical (unpaired) electrons. The molecule has 20 heavy (non-hydrogen) atoms. The summed E-state index contributed by atoms with van der Waals surface area (Å²) in [4.78, 5) is 13.0. The van der Waals surface area contributed by atoms with Gasteiger partial charge < -0.3 is 4.52 Å². The van der Waals surface area contributed by atoms with Gasteiger partial charge in [-0.05, 0) is 45.6 Å². The number of thiophene rings is 1. The molecule has 0 saturated heterocycles. The average Bonchev–Trinajstić information content (AvgIpc) is 2.75. The third kappa shape index (κ3) is 6.95. The lowest BCUT2D eigenvalue weighted by molar-refractivity contribution is -0.135. The fourth-order valence-corrected chi connectivity index (χ4v) is 4.94. The molecule has 0 aromatic carbocycles. The Kier molecular flexibility index (Phi) is 7.34. The number of hydrogen-bond acceptors (Lipinski definition) is 6. The Hall–Kier alpha value is -0.260. The summed E-state index contributed by atoms with van der Waals surface area (Å²) in [6.07, 6.45) is 0.631. The monoisotopic (exact) mass is 336 g/mol. The normalized spacial score (nSPS) is 12.1. The lowest BCUT2D eigenvalue weighted by Crippen LogP contribution is -2.13. The third-order valence-electron chi connectivity index (χ3n) is 2.05. The first-order valence-electron chi connectivity index (χ1n) is 6.52. The molecule has 0 N–H and O–H groups in total. The van der Waals surface area contributed by atoms with Gasteiger partial charge in [-0.2, -0.15) is 0 Å². The van der Waals surface area contributed by atoms with Crippen LogP contribution in [-0.4, -0.2) is 18.2 Å². The van der Waals surface area contributed by atoms with Gasteiger partial charge in [0.2, 0.25) is 0 Å². The predicted octanol–water partition coefficient (Wildman–Crippen LogP) is 4.30. The molecule has 4 nitrogen and oxygen atoms in total. The molecular formula is C13H21O4PS2. The molecule has 1 rings (SSSR count). The van der Waals surface area contributed by atoms with E-state index in [0.29, 0.717) is 6.42 Å². The summed E-state index contributed by atoms with van der Waals surface area (Å²) in [6, 6.07) is 3.95. The molecule has 1 aromatic rings. The molecule has 0 saturated carbocycles. The summed E-state index contributed by atoms with van der Waals surface area (Å²) in [7, 11) is 0. The Balaban J connectivity index is 2.55. The Morgan fingerprint density at radius 2 is 1.90 bits per heavy atom. The molecule has 0 spiro atoms. The van der Waals surface area contributed by atoms with E-state index in [4.69, 9.17) is 25.4 Å². The van der Waals surface area contributed by atoms with E-state index < -0.39 is 6.72 Å². The number of carbonyl (C=O) groups excluding carboxylic acids is 1. The van der Waals surface area contributed by atoms with Crippen molar-refractivity contribution in [3.63, 3.8) is 0 Å². The average molecular weight is 336 g/mol. The van der Waals surface area contributed by atoms with Crippen LogP contribution in [0.1, 0.15) is 39.0 Å². The molecule has 1 heterocycles. The summed E-state index contributed by atoms with van der Waals surface area (Å²) in [5.41, 5.74) is 0. The van der Waals surface area contributed by atoms with Gasteiger partial charge in [-0.15, -0.1) is 11.3 Å². The van der Waals surface area contributed by atoms with Crippen LogP contribution in [0.2, 0.25) is 0 Å². The van der Waals surface area contributed by atoms with Crippen LogP contribution in [0.25, 0.3) is 0 Å². The van der Waals surface area contributed by atoms with Crippen LogP contribution in [0.3, 0.4) is 0 Å². The van der Waals surface area contributed by atoms with Crippen LogP contribution in [0.5, 0.6) is 0 Å². The van der Waals surface area contributed by atoms with E-state index in [-0.39, 0.29) is 24.6 Å². The number of carbonyl (C=O) groups is 1. The minimum atomic E-state index is -3.01. The first-order chi connectivity index (χ1) is 9.31. The summed E-state index contributed by atoms with van der Waals surface area (Å²) in [5.74, 6) is -0.372. The zero-order valence-corrected chi connectivity index (χ0v) is 14.7. The molecule has 1 aromatic heterocycles. The van der Waals surface area contributed by atoms with Crippen molar-refractivity contribution in [2.45, 2.75) is 52.7 Å². The van der Waals surface area contributed by atoms with Crippen molar-refractivity contribution in [3.05, 3.63) is 22.4 Å². The van der Waals surface area contributed by atoms with Crippen LogP contribution in [0.4, 0.5) is 0 Å². The molecule has 0 aliphatic heterocycles. The second kappa shape index (κ2) is 8.25. The van der Waals surface area contributed by atoms with Gasteiger partial charge in [0, 0.05) is 16.7 Å². The Morgan fingerprint density at radius 3 is 2.35 bits per heavy atom. The van der Waals surface area contributed by atoms with Crippen LogP contribution < -0.4 is 0 Å². The molecule has 0 aliphatic carbocycles. The Morgan fingerprint density at radius 1 is 1.30 bits per heavy atom. The molecule has 0 amide bonds. The van der Waals surface area contributed by atoms with Gasteiger partial charge in [0.05, 0.1) is 18.6 Å². The minimum absolute atomic E-state index is 0.148. The van der Waals surface area contributed by atoms with Crippen molar-refractivity contribution in [2.75, 3.05) is 0 Å². The van der Waals surface area contributed by atoms with Crippen LogP contribution in [0.15, 0.2) is 17.5 Å². The van der Waals surface area contributed by atoms with Gasteiger partial charge in [0.15, 0.2) is 0 Å². The predicted molar refractivity (Wildman–Crippen MR) is 85.5 cm³/mol. The highest BCUT2D eigenvalue weighted by atomic mass is 32.5. The quantitative estimate of drug-likeness (QED) is 0.662. The highest BCUT2D eigenvalue weighted by Crippen LogP contribution is 2.52. The van der Waals surface area contributed by atoms with Crippen molar-refractivity contribution in [1.29, 1.82) is 0 Å². The first kappa shape index (κ1) is 17.8. The van der Waals surface area contributed by atoms with E-state index >= 15 is 0 Å². The number of rotatable bonds is 8. The second-order valence-electron chi connectivity index (χ2n) is 4.80. The molecule has 7 heteroatoms. The van der Waals surface area contributed by atoms with E-state index in [2.05, 4.69) is 0 Å². The van der Waals surface area contributed by atoms with Crippen molar-refractivity contribution >= 4 is 35.8 Å². The van der Waals surface area contributed by atoms with Crippen molar-refractivity contribution in [3.8, 4) is 0 Å². The molecule has 0 fully saturated rings. The topological polar surface area (TPSA) is 44.8 Å². The highest BCUT2D eigenvalue weighted by molar-refractivity contribution is 8.07. The zero-order chi connectivity index (χ0) is 15.2. The lowest BCUT2D eigenvalue weighted by Gasteiger charge is -2.24. The van der Waals surface area contributed by atoms with Gasteiger partial charge in [0.1, 0.15) is 0 Å². The van der Waals surface area contributed by atoms with Crippen molar-refractivity contribution in [2.24, 2.45) is 0 Å². The van der Waals surface area contributed by atoms with Crippen molar-refractivity contribution in [1.82, 2.24) is 0 Å². The van der Waals surface area contributed by atoms with E-state index in [1.807, 2.05) is 45.2 Å². The molecule has 0 bridgehead atoms. The molecule has 0 atom stereocenters. The summed E-state index contributed by atoms with van der Waals surface area (Å²) in [6.45, 7) is 4.34. The second-order valence-corrected chi connectivity index (χ2v) is 8.67. The van der Waals surface area contributed by atoms with Gasteiger partial charge in [-0.25, -0.2) is 0 Å². The maximum atomic E-state index is 11.9. The Bertz CT molecular complexity index is 443. The maximum absolute atomic E-state index is 11.9. The molecule has 0 aliphatic rings. The van der Waals surface area contributed by atoms with Crippen LogP contribution in [-0.2, 0) is 36.6 Å². The largest absolute Gasteiger partial charge is 0.391 e. The fraction of sp³-hybridized carbons (Fsp3) is 0.615. The fourth-order valence-electron chi connectivity index (χ4n) is 1.43. The maximum Gasteiger partial charge on any atom is 0.383 e. The van der Waals surface area contributed by atoms with Gasteiger partial charge in [0.25, 0.3) is 0 Å². The van der Waals surface area contributed by atoms with E-state index in [9.17, 15) is 4.79 Å². The standard InChI is InChI=1S/C13H21O4PS2/c1-10(2)15-18(19,16-11(3)4)17-13(14)8-7-12-6-5-9-20-12/h5-6,9-11H,7-8H2,1-4H3. The molecule has 0 unspecified atom stereocenters. The van der Waals surface area contributed by atoms with Crippen LogP contribution in [0, 0.1) is 0 Å². The van der Waals surface area contributed by atoms with E-state index in [1.54, 1.807) is 11.3 Å². The van der Waals surface area contributed by atoms with E-state index in [1.165, 1.54) is 0 Å². The summed E-state index contributed by atoms with van der Waals surface area (Å²) < 4.78 is 16.3. The number of aryl methyl sites for hydroxylation is 1. The summed E-state index contributed by atoms with van der Waals surface area (Å²) in [5, 5.41) is 1.98. The number of hydrogen-bond donors (Lipinski definition) is 0. The smallest absolute Gasteiger partial charge is 0.383 e. The molecular weight excluding hydrogens is 315 g/mol. The third-order valence-corrected chi connectivity index (χ3v) is 5.51. The SMILES string of the molecule is CC(C)OP(=S)(OC(=O)CCc1cccs1)OC(C)C. The van der Waals surface area contributed by atoms with E-state index in [0.717, 1.165) is 4.88 Å².